The van der Waals surface area contributed by atoms with E-state index in [0.29, 0.717) is 17.3 Å². The third-order valence-corrected chi connectivity index (χ3v) is 4.10. The minimum atomic E-state index is -0.339. The Labute approximate surface area is 154 Å². The molecule has 0 amide bonds. The molecule has 2 N–H and O–H groups in total. The van der Waals surface area contributed by atoms with Crippen molar-refractivity contribution in [3.8, 4) is 0 Å². The van der Waals surface area contributed by atoms with Gasteiger partial charge in [0.2, 0.25) is 0 Å². The van der Waals surface area contributed by atoms with Gasteiger partial charge in [-0.1, -0.05) is 29.8 Å². The van der Waals surface area contributed by atoms with Crippen LogP contribution in [0.1, 0.15) is 46.9 Å². The molecule has 0 spiro atoms. The lowest BCUT2D eigenvalue weighted by Gasteiger charge is -2.20. The summed E-state index contributed by atoms with van der Waals surface area (Å²) in [7, 11) is 0. The zero-order chi connectivity index (χ0) is 18.4. The molecule has 0 saturated heterocycles. The number of nitrogens with one attached hydrogen (secondary N) is 2. The van der Waals surface area contributed by atoms with Crippen molar-refractivity contribution < 1.29 is 9.53 Å². The van der Waals surface area contributed by atoms with Crippen LogP contribution in [0.2, 0.25) is 0 Å². The SMILES string of the molecule is CCOC(=O)c1cccc(NC(=S)N[C@H](C)c2cc(C)ccc2C)c1. The monoisotopic (exact) mass is 356 g/mol. The van der Waals surface area contributed by atoms with Crippen LogP contribution in [0.15, 0.2) is 42.5 Å². The second-order valence-electron chi connectivity index (χ2n) is 5.98. The number of esters is 1. The summed E-state index contributed by atoms with van der Waals surface area (Å²) >= 11 is 5.41. The Kier molecular flexibility index (Phi) is 6.53. The highest BCUT2D eigenvalue weighted by molar-refractivity contribution is 7.80. The van der Waals surface area contributed by atoms with Crippen molar-refractivity contribution in [2.45, 2.75) is 33.7 Å². The summed E-state index contributed by atoms with van der Waals surface area (Å²) in [6, 6.07) is 13.6. The molecule has 4 nitrogen and oxygen atoms in total. The summed E-state index contributed by atoms with van der Waals surface area (Å²) in [5, 5.41) is 6.93. The predicted octanol–water partition coefficient (Wildman–Crippen LogP) is 4.53. The fraction of sp³-hybridized carbons (Fsp3) is 0.300. The molecule has 0 aliphatic rings. The molecule has 0 saturated carbocycles. The van der Waals surface area contributed by atoms with Gasteiger partial charge in [0.25, 0.3) is 0 Å². The Morgan fingerprint density at radius 1 is 1.20 bits per heavy atom. The van der Waals surface area contributed by atoms with E-state index in [1.54, 1.807) is 25.1 Å². The van der Waals surface area contributed by atoms with E-state index in [-0.39, 0.29) is 12.0 Å². The number of anilines is 1. The zero-order valence-corrected chi connectivity index (χ0v) is 15.9. The molecule has 0 fully saturated rings. The molecule has 2 aromatic rings. The van der Waals surface area contributed by atoms with Crippen molar-refractivity contribution in [3.63, 3.8) is 0 Å². The van der Waals surface area contributed by atoms with E-state index in [4.69, 9.17) is 17.0 Å². The fourth-order valence-corrected chi connectivity index (χ4v) is 2.90. The molecule has 132 valence electrons. The standard InChI is InChI=1S/C20H24N2O2S/c1-5-24-19(23)16-7-6-8-17(12-16)22-20(25)21-15(4)18-11-13(2)9-10-14(18)3/h6-12,15H,5H2,1-4H3,(H2,21,22,25)/t15-/m1/s1. The maximum atomic E-state index is 11.8. The normalized spacial score (nSPS) is 11.5. The summed E-state index contributed by atoms with van der Waals surface area (Å²) in [5.41, 5.74) is 4.89. The van der Waals surface area contributed by atoms with Gasteiger partial charge in [0.15, 0.2) is 5.11 Å². The largest absolute Gasteiger partial charge is 0.462 e. The van der Waals surface area contributed by atoms with Gasteiger partial charge in [0.1, 0.15) is 0 Å². The number of benzene rings is 2. The second kappa shape index (κ2) is 8.62. The molecule has 0 aromatic heterocycles. The summed E-state index contributed by atoms with van der Waals surface area (Å²) in [6.45, 7) is 8.38. The van der Waals surface area contributed by atoms with Gasteiger partial charge >= 0.3 is 5.97 Å². The van der Waals surface area contributed by atoms with Crippen LogP contribution in [0.5, 0.6) is 0 Å². The minimum absolute atomic E-state index is 0.0770. The van der Waals surface area contributed by atoms with Crippen LogP contribution in [0.25, 0.3) is 0 Å². The maximum absolute atomic E-state index is 11.8. The molecule has 0 radical (unpaired) electrons. The average Bonchev–Trinajstić information content (AvgIpc) is 2.57. The van der Waals surface area contributed by atoms with E-state index in [2.05, 4.69) is 49.6 Å². The van der Waals surface area contributed by atoms with Crippen LogP contribution >= 0.6 is 12.2 Å². The van der Waals surface area contributed by atoms with Crippen molar-refractivity contribution in [2.24, 2.45) is 0 Å². The van der Waals surface area contributed by atoms with Crippen molar-refractivity contribution in [2.75, 3.05) is 11.9 Å². The lowest BCUT2D eigenvalue weighted by atomic mass is 10.0. The molecule has 2 rings (SSSR count). The first kappa shape index (κ1) is 18.9. The maximum Gasteiger partial charge on any atom is 0.338 e. The highest BCUT2D eigenvalue weighted by Crippen LogP contribution is 2.19. The zero-order valence-electron chi connectivity index (χ0n) is 15.1. The number of rotatable bonds is 5. The van der Waals surface area contributed by atoms with Crippen LogP contribution in [-0.2, 0) is 4.74 Å². The van der Waals surface area contributed by atoms with Crippen LogP contribution in [0, 0.1) is 13.8 Å². The van der Waals surface area contributed by atoms with Crippen molar-refractivity contribution in [3.05, 3.63) is 64.7 Å². The van der Waals surface area contributed by atoms with E-state index in [1.807, 2.05) is 6.07 Å². The van der Waals surface area contributed by atoms with Crippen molar-refractivity contribution >= 4 is 29.0 Å². The topological polar surface area (TPSA) is 50.4 Å². The Morgan fingerprint density at radius 3 is 2.68 bits per heavy atom. The fourth-order valence-electron chi connectivity index (χ4n) is 2.61. The molecule has 1 atom stereocenters. The van der Waals surface area contributed by atoms with Crippen LogP contribution < -0.4 is 10.6 Å². The number of hydrogen-bond donors (Lipinski definition) is 2. The lowest BCUT2D eigenvalue weighted by molar-refractivity contribution is 0.0526. The molecule has 0 unspecified atom stereocenters. The number of aryl methyl sites for hydroxylation is 2. The van der Waals surface area contributed by atoms with Gasteiger partial charge in [0, 0.05) is 5.69 Å². The number of carbonyl (C=O) groups excluding carboxylic acids is 1. The van der Waals surface area contributed by atoms with Gasteiger partial charge in [0.05, 0.1) is 18.2 Å². The molecule has 0 aliphatic heterocycles. The predicted molar refractivity (Wildman–Crippen MR) is 106 cm³/mol. The van der Waals surface area contributed by atoms with Crippen LogP contribution in [0.4, 0.5) is 5.69 Å². The van der Waals surface area contributed by atoms with E-state index >= 15 is 0 Å². The molecule has 2 aromatic carbocycles. The van der Waals surface area contributed by atoms with E-state index in [9.17, 15) is 4.79 Å². The number of hydrogen-bond acceptors (Lipinski definition) is 3. The first-order chi connectivity index (χ1) is 11.9. The van der Waals surface area contributed by atoms with E-state index < -0.39 is 0 Å². The molecular formula is C20H24N2O2S. The summed E-state index contributed by atoms with van der Waals surface area (Å²) in [6.07, 6.45) is 0. The van der Waals surface area contributed by atoms with Crippen molar-refractivity contribution in [1.29, 1.82) is 0 Å². The Balaban J connectivity index is 2.03. The molecule has 5 heteroatoms. The number of carbonyl (C=O) groups is 1. The number of thiocarbonyl (C=S) groups is 1. The van der Waals surface area contributed by atoms with Gasteiger partial charge in [-0.05, 0) is 69.2 Å². The van der Waals surface area contributed by atoms with Crippen LogP contribution in [-0.4, -0.2) is 17.7 Å². The highest BCUT2D eigenvalue weighted by atomic mass is 32.1. The van der Waals surface area contributed by atoms with E-state index in [1.165, 1.54) is 16.7 Å². The van der Waals surface area contributed by atoms with Gasteiger partial charge in [-0.3, -0.25) is 0 Å². The van der Waals surface area contributed by atoms with E-state index in [0.717, 1.165) is 5.69 Å². The third-order valence-electron chi connectivity index (χ3n) is 3.88. The minimum Gasteiger partial charge on any atom is -0.462 e. The summed E-state index contributed by atoms with van der Waals surface area (Å²) in [5.74, 6) is -0.339. The second-order valence-corrected chi connectivity index (χ2v) is 6.39. The van der Waals surface area contributed by atoms with Gasteiger partial charge in [-0.25, -0.2) is 4.79 Å². The average molecular weight is 356 g/mol. The van der Waals surface area contributed by atoms with Crippen molar-refractivity contribution in [1.82, 2.24) is 5.32 Å². The Morgan fingerprint density at radius 2 is 1.96 bits per heavy atom. The number of ether oxygens (including phenoxy) is 1. The molecule has 0 heterocycles. The Bertz CT molecular complexity index is 774. The highest BCUT2D eigenvalue weighted by Gasteiger charge is 2.11. The molecule has 25 heavy (non-hydrogen) atoms. The third kappa shape index (κ3) is 5.29. The Hall–Kier alpha value is -2.40. The summed E-state index contributed by atoms with van der Waals surface area (Å²) < 4.78 is 5.02. The first-order valence-electron chi connectivity index (χ1n) is 8.32. The van der Waals surface area contributed by atoms with Gasteiger partial charge < -0.3 is 15.4 Å². The lowest BCUT2D eigenvalue weighted by Crippen LogP contribution is -2.31. The van der Waals surface area contributed by atoms with Crippen LogP contribution in [0.3, 0.4) is 0 Å². The molecular weight excluding hydrogens is 332 g/mol. The van der Waals surface area contributed by atoms with Gasteiger partial charge in [-0.15, -0.1) is 0 Å². The smallest absolute Gasteiger partial charge is 0.338 e. The first-order valence-corrected chi connectivity index (χ1v) is 8.73. The van der Waals surface area contributed by atoms with Gasteiger partial charge in [-0.2, -0.15) is 0 Å². The summed E-state index contributed by atoms with van der Waals surface area (Å²) in [4.78, 5) is 11.8. The quantitative estimate of drug-likeness (QED) is 0.609. The molecule has 0 bridgehead atoms. The molecule has 0 aliphatic carbocycles.